The van der Waals surface area contributed by atoms with E-state index in [2.05, 4.69) is 15.0 Å². The first-order valence-electron chi connectivity index (χ1n) is 15.5. The van der Waals surface area contributed by atoms with E-state index in [4.69, 9.17) is 0 Å². The van der Waals surface area contributed by atoms with Gasteiger partial charge in [-0.05, 0) is 55.6 Å². The Kier molecular flexibility index (Phi) is 8.34. The number of rotatable bonds is 9. The van der Waals surface area contributed by atoms with Gasteiger partial charge in [0.1, 0.15) is 11.5 Å². The molecule has 1 aliphatic heterocycles. The van der Waals surface area contributed by atoms with Crippen molar-refractivity contribution < 1.29 is 22.8 Å². The van der Waals surface area contributed by atoms with Crippen LogP contribution in [0.4, 0.5) is 13.2 Å². The van der Waals surface area contributed by atoms with Crippen LogP contribution in [-0.2, 0) is 11.2 Å². The van der Waals surface area contributed by atoms with Crippen LogP contribution < -0.4 is 0 Å². The Hall–Kier alpha value is -3.62. The molecule has 2 saturated carbocycles. The molecule has 2 aromatic heterocycles. The molecule has 0 radical (unpaired) electrons. The number of fused-ring (bicyclic) bond motifs is 1. The van der Waals surface area contributed by atoms with Gasteiger partial charge in [-0.3, -0.25) is 24.0 Å². The molecule has 0 saturated heterocycles. The Labute approximate surface area is 249 Å². The summed E-state index contributed by atoms with van der Waals surface area (Å²) in [5, 5.41) is 0. The third kappa shape index (κ3) is 6.36. The second kappa shape index (κ2) is 12.2. The van der Waals surface area contributed by atoms with Crippen molar-refractivity contribution in [2.24, 2.45) is 22.7 Å². The lowest BCUT2D eigenvalue weighted by Gasteiger charge is -2.28. The summed E-state index contributed by atoms with van der Waals surface area (Å²) in [4.78, 5) is 38.6. The largest absolute Gasteiger partial charge is 0.433 e. The average molecular weight is 591 g/mol. The fraction of sp³-hybridized carbons (Fsp3) is 0.500. The summed E-state index contributed by atoms with van der Waals surface area (Å²) in [6.07, 6.45) is 11.8. The zero-order valence-corrected chi connectivity index (χ0v) is 24.5. The van der Waals surface area contributed by atoms with E-state index in [0.29, 0.717) is 47.5 Å². The second-order valence-electron chi connectivity index (χ2n) is 12.5. The van der Waals surface area contributed by atoms with Crippen molar-refractivity contribution in [3.8, 4) is 0 Å². The fourth-order valence-electron chi connectivity index (χ4n) is 7.27. The van der Waals surface area contributed by atoms with Crippen LogP contribution in [0.15, 0.2) is 47.9 Å². The highest BCUT2D eigenvalue weighted by Gasteiger charge is 2.40. The summed E-state index contributed by atoms with van der Waals surface area (Å²) in [7, 11) is 0. The maximum Gasteiger partial charge on any atom is 0.433 e. The fourth-order valence-corrected chi connectivity index (χ4v) is 7.27. The Morgan fingerprint density at radius 2 is 1.70 bits per heavy atom. The minimum absolute atomic E-state index is 0.0127. The molecular weight excluding hydrogens is 553 g/mol. The van der Waals surface area contributed by atoms with Crippen LogP contribution in [0.5, 0.6) is 0 Å². The molecule has 2 fully saturated rings. The molecule has 3 aromatic rings. The summed E-state index contributed by atoms with van der Waals surface area (Å²) in [5.41, 5.74) is 3.17. The Balaban J connectivity index is 1.09. The first kappa shape index (κ1) is 29.5. The Bertz CT molecular complexity index is 1590. The standard InChI is InChI=1S/C34H37F3N4O2/c1-21-16-24(19-29-33-40-20-30(41(33)15-14-38-29)28-12-13-39-32(28)34(35,36)37)8-11-27(21)31(43)25-9-6-23(7-10-25)18-26(42)17-22-4-2-3-5-22/h8,11-12,14-16,20,22-23,25H,2-7,9-10,13,17-19H2,1H3. The van der Waals surface area contributed by atoms with Crippen molar-refractivity contribution in [1.29, 1.82) is 0 Å². The number of alkyl halides is 3. The molecule has 1 aromatic carbocycles. The van der Waals surface area contributed by atoms with Gasteiger partial charge in [-0.1, -0.05) is 50.0 Å². The molecule has 226 valence electrons. The maximum atomic E-state index is 13.5. The quantitative estimate of drug-likeness (QED) is 0.241. The number of benzene rings is 1. The number of imidazole rings is 1. The summed E-state index contributed by atoms with van der Waals surface area (Å²) < 4.78 is 42.1. The summed E-state index contributed by atoms with van der Waals surface area (Å²) >= 11 is 0. The molecule has 3 heterocycles. The highest BCUT2D eigenvalue weighted by atomic mass is 19.4. The van der Waals surface area contributed by atoms with Crippen LogP contribution in [0.1, 0.15) is 97.1 Å². The summed E-state index contributed by atoms with van der Waals surface area (Å²) in [5.74, 6) is 1.55. The molecule has 43 heavy (non-hydrogen) atoms. The average Bonchev–Trinajstić information content (AvgIpc) is 3.74. The number of halogens is 3. The molecule has 0 bridgehead atoms. The van der Waals surface area contributed by atoms with Crippen molar-refractivity contribution >= 4 is 28.5 Å². The first-order chi connectivity index (χ1) is 20.7. The van der Waals surface area contributed by atoms with Gasteiger partial charge in [0.15, 0.2) is 11.4 Å². The molecule has 0 spiro atoms. The first-order valence-corrected chi connectivity index (χ1v) is 15.5. The van der Waals surface area contributed by atoms with E-state index < -0.39 is 11.9 Å². The third-order valence-electron chi connectivity index (χ3n) is 9.50. The molecule has 0 amide bonds. The molecule has 0 unspecified atom stereocenters. The normalized spacial score (nSPS) is 21.3. The predicted octanol–water partition coefficient (Wildman–Crippen LogP) is 7.56. The topological polar surface area (TPSA) is 76.7 Å². The molecular formula is C34H37F3N4O2. The van der Waals surface area contributed by atoms with E-state index in [-0.39, 0.29) is 23.8 Å². The van der Waals surface area contributed by atoms with Crippen LogP contribution in [0.2, 0.25) is 0 Å². The van der Waals surface area contributed by atoms with E-state index in [1.54, 1.807) is 16.8 Å². The number of aromatic nitrogens is 3. The third-order valence-corrected chi connectivity index (χ3v) is 9.50. The number of ketones is 2. The minimum Gasteiger partial charge on any atom is -0.300 e. The number of allylic oxidation sites excluding steroid dienone is 1. The van der Waals surface area contributed by atoms with Crippen LogP contribution in [0.3, 0.4) is 0 Å². The van der Waals surface area contributed by atoms with Crippen LogP contribution in [-0.4, -0.2) is 44.4 Å². The van der Waals surface area contributed by atoms with Gasteiger partial charge in [0.2, 0.25) is 0 Å². The van der Waals surface area contributed by atoms with Crippen molar-refractivity contribution in [3.05, 3.63) is 70.9 Å². The van der Waals surface area contributed by atoms with Crippen LogP contribution >= 0.6 is 0 Å². The van der Waals surface area contributed by atoms with E-state index in [1.807, 2.05) is 25.1 Å². The number of carbonyl (C=O) groups is 2. The van der Waals surface area contributed by atoms with Crippen molar-refractivity contribution in [1.82, 2.24) is 14.4 Å². The molecule has 9 heteroatoms. The van der Waals surface area contributed by atoms with Crippen molar-refractivity contribution in [2.45, 2.75) is 83.7 Å². The zero-order chi connectivity index (χ0) is 30.1. The van der Waals surface area contributed by atoms with Gasteiger partial charge >= 0.3 is 6.18 Å². The lowest BCUT2D eigenvalue weighted by Crippen LogP contribution is -2.24. The smallest absolute Gasteiger partial charge is 0.300 e. The molecule has 0 atom stereocenters. The van der Waals surface area contributed by atoms with Crippen LogP contribution in [0.25, 0.3) is 11.2 Å². The van der Waals surface area contributed by atoms with Crippen molar-refractivity contribution in [2.75, 3.05) is 6.54 Å². The van der Waals surface area contributed by atoms with E-state index in [1.165, 1.54) is 38.0 Å². The highest BCUT2D eigenvalue weighted by Crippen LogP contribution is 2.36. The van der Waals surface area contributed by atoms with Crippen LogP contribution in [0, 0.1) is 24.7 Å². The molecule has 2 aliphatic carbocycles. The molecule has 6 nitrogen and oxygen atoms in total. The summed E-state index contributed by atoms with van der Waals surface area (Å²) in [6.45, 7) is 1.93. The number of hydrogen-bond donors (Lipinski definition) is 0. The van der Waals surface area contributed by atoms with Crippen molar-refractivity contribution in [3.63, 3.8) is 0 Å². The predicted molar refractivity (Wildman–Crippen MR) is 159 cm³/mol. The number of hydrogen-bond acceptors (Lipinski definition) is 5. The Morgan fingerprint density at radius 1 is 0.977 bits per heavy atom. The number of aryl methyl sites for hydroxylation is 1. The van der Waals surface area contributed by atoms with E-state index in [0.717, 1.165) is 48.8 Å². The van der Waals surface area contributed by atoms with E-state index >= 15 is 0 Å². The van der Waals surface area contributed by atoms with Gasteiger partial charge in [0, 0.05) is 48.7 Å². The van der Waals surface area contributed by atoms with Gasteiger partial charge in [-0.15, -0.1) is 0 Å². The van der Waals surface area contributed by atoms with Gasteiger partial charge in [-0.25, -0.2) is 4.98 Å². The number of nitrogens with zero attached hydrogens (tertiary/aromatic N) is 4. The van der Waals surface area contributed by atoms with Gasteiger partial charge < -0.3 is 0 Å². The van der Waals surface area contributed by atoms with Gasteiger partial charge in [0.25, 0.3) is 0 Å². The zero-order valence-electron chi connectivity index (χ0n) is 24.5. The van der Waals surface area contributed by atoms with Gasteiger partial charge in [0.05, 0.1) is 24.1 Å². The maximum absolute atomic E-state index is 13.5. The number of Topliss-reactive ketones (excluding diaryl/α,β-unsaturated/α-hetero) is 2. The van der Waals surface area contributed by atoms with E-state index in [9.17, 15) is 22.8 Å². The lowest BCUT2D eigenvalue weighted by atomic mass is 9.76. The number of aliphatic imine (C=N–C) groups is 1. The highest BCUT2D eigenvalue weighted by molar-refractivity contribution is 6.27. The monoisotopic (exact) mass is 590 g/mol. The van der Waals surface area contributed by atoms with Gasteiger partial charge in [-0.2, -0.15) is 13.2 Å². The second-order valence-corrected chi connectivity index (χ2v) is 12.5. The lowest BCUT2D eigenvalue weighted by molar-refractivity contribution is -0.121. The Morgan fingerprint density at radius 3 is 2.40 bits per heavy atom. The minimum atomic E-state index is -4.54. The SMILES string of the molecule is Cc1cc(Cc2nccn3c(C4=CCN=C4C(F)(F)F)cnc23)ccc1C(=O)C1CCC(CC(=O)CC2CCCC2)CC1. The molecule has 0 N–H and O–H groups in total. The number of carbonyl (C=O) groups excluding carboxylic acids is 2. The molecule has 6 rings (SSSR count). The summed E-state index contributed by atoms with van der Waals surface area (Å²) in [6, 6.07) is 5.80. The molecule has 3 aliphatic rings.